The van der Waals surface area contributed by atoms with Crippen LogP contribution in [0.4, 0.5) is 11.4 Å². The molecule has 0 radical (unpaired) electrons. The smallest absolute Gasteiger partial charge is 0.0407 e. The molecule has 4 bridgehead atoms. The van der Waals surface area contributed by atoms with Crippen LogP contribution in [0, 0.1) is 17.8 Å². The molecule has 0 spiro atoms. The fraction of sp³-hybridized carbons (Fsp3) is 0.647. The van der Waals surface area contributed by atoms with E-state index in [1.807, 2.05) is 12.1 Å². The van der Waals surface area contributed by atoms with E-state index >= 15 is 0 Å². The van der Waals surface area contributed by atoms with Gasteiger partial charge in [-0.1, -0.05) is 0 Å². The highest BCUT2D eigenvalue weighted by atomic mass is 35.5. The van der Waals surface area contributed by atoms with Crippen molar-refractivity contribution in [2.24, 2.45) is 17.8 Å². The van der Waals surface area contributed by atoms with Gasteiger partial charge in [0.2, 0.25) is 0 Å². The van der Waals surface area contributed by atoms with Gasteiger partial charge in [0.1, 0.15) is 0 Å². The number of hydrogen-bond donors (Lipinski definition) is 1. The molecule has 4 aliphatic carbocycles. The first-order chi connectivity index (χ1) is 9.14. The van der Waals surface area contributed by atoms with Crippen LogP contribution in [0.3, 0.4) is 0 Å². The lowest BCUT2D eigenvalue weighted by Crippen LogP contribution is -2.59. The van der Waals surface area contributed by atoms with Crippen LogP contribution in [-0.4, -0.2) is 12.6 Å². The van der Waals surface area contributed by atoms with Crippen LogP contribution in [0.2, 0.25) is 0 Å². The van der Waals surface area contributed by atoms with Gasteiger partial charge in [0.05, 0.1) is 0 Å². The molecule has 0 amide bonds. The van der Waals surface area contributed by atoms with Crippen molar-refractivity contribution in [2.75, 3.05) is 17.7 Å². The minimum absolute atomic E-state index is 0. The molecule has 0 saturated heterocycles. The predicted molar refractivity (Wildman–Crippen MR) is 87.4 cm³/mol. The summed E-state index contributed by atoms with van der Waals surface area (Å²) in [6.45, 7) is 0. The maximum atomic E-state index is 5.81. The second kappa shape index (κ2) is 4.84. The SMILES string of the molecule is CN(c1ccc(N)cc1)C12CC3CC(CC(C3)C1)C2.Cl. The summed E-state index contributed by atoms with van der Waals surface area (Å²) in [7, 11) is 2.30. The van der Waals surface area contributed by atoms with Crippen LogP contribution in [0.5, 0.6) is 0 Å². The first-order valence-corrected chi connectivity index (χ1v) is 7.74. The first-order valence-electron chi connectivity index (χ1n) is 7.74. The molecule has 0 aliphatic heterocycles. The van der Waals surface area contributed by atoms with Crippen molar-refractivity contribution in [3.8, 4) is 0 Å². The van der Waals surface area contributed by atoms with E-state index in [4.69, 9.17) is 5.73 Å². The summed E-state index contributed by atoms with van der Waals surface area (Å²) in [6, 6.07) is 8.44. The van der Waals surface area contributed by atoms with E-state index in [1.165, 1.54) is 44.2 Å². The third kappa shape index (κ3) is 2.09. The zero-order valence-corrected chi connectivity index (χ0v) is 13.0. The monoisotopic (exact) mass is 292 g/mol. The summed E-state index contributed by atoms with van der Waals surface area (Å²) in [5, 5.41) is 0. The molecule has 3 heteroatoms. The van der Waals surface area contributed by atoms with E-state index in [1.54, 1.807) is 0 Å². The van der Waals surface area contributed by atoms with Crippen LogP contribution in [0.15, 0.2) is 24.3 Å². The molecular formula is C17H25ClN2. The highest BCUT2D eigenvalue weighted by Crippen LogP contribution is 2.58. The van der Waals surface area contributed by atoms with Gasteiger partial charge in [-0.2, -0.15) is 0 Å². The minimum Gasteiger partial charge on any atom is -0.399 e. The van der Waals surface area contributed by atoms with Gasteiger partial charge in [-0.05, 0) is 80.5 Å². The molecule has 2 N–H and O–H groups in total. The van der Waals surface area contributed by atoms with Gasteiger partial charge in [-0.15, -0.1) is 12.4 Å². The van der Waals surface area contributed by atoms with Gasteiger partial charge >= 0.3 is 0 Å². The number of rotatable bonds is 2. The number of benzene rings is 1. The highest BCUT2D eigenvalue weighted by molar-refractivity contribution is 5.85. The van der Waals surface area contributed by atoms with Gasteiger partial charge in [0, 0.05) is 24.0 Å². The fourth-order valence-corrected chi connectivity index (χ4v) is 5.45. The Bertz CT molecular complexity index is 447. The third-order valence-corrected chi connectivity index (χ3v) is 6.00. The zero-order chi connectivity index (χ0) is 13.0. The lowest BCUT2D eigenvalue weighted by atomic mass is 9.52. The Hall–Kier alpha value is -0.890. The van der Waals surface area contributed by atoms with Crippen LogP contribution >= 0.6 is 12.4 Å². The standard InChI is InChI=1S/C17H24N2.ClH/c1-19(16-4-2-15(18)3-5-16)17-9-12-6-13(10-17)8-14(7-12)11-17;/h2-5,12-14H,6-11,18H2,1H3;1H. The molecule has 2 nitrogen and oxygen atoms in total. The lowest BCUT2D eigenvalue weighted by molar-refractivity contribution is -0.00200. The maximum Gasteiger partial charge on any atom is 0.0407 e. The van der Waals surface area contributed by atoms with Crippen molar-refractivity contribution in [1.29, 1.82) is 0 Å². The molecular weight excluding hydrogens is 268 g/mol. The summed E-state index contributed by atoms with van der Waals surface area (Å²) in [5.41, 5.74) is 8.47. The molecule has 20 heavy (non-hydrogen) atoms. The number of nitrogens with zero attached hydrogens (tertiary/aromatic N) is 1. The van der Waals surface area contributed by atoms with Crippen LogP contribution in [-0.2, 0) is 0 Å². The van der Waals surface area contributed by atoms with Crippen molar-refractivity contribution in [2.45, 2.75) is 44.1 Å². The van der Waals surface area contributed by atoms with E-state index in [0.29, 0.717) is 5.54 Å². The minimum atomic E-state index is 0. The van der Waals surface area contributed by atoms with Gasteiger partial charge in [-0.25, -0.2) is 0 Å². The Balaban J connectivity index is 0.00000121. The third-order valence-electron chi connectivity index (χ3n) is 6.00. The molecule has 4 saturated carbocycles. The average Bonchev–Trinajstić information content (AvgIpc) is 2.37. The second-order valence-electron chi connectivity index (χ2n) is 7.29. The molecule has 110 valence electrons. The van der Waals surface area contributed by atoms with Gasteiger partial charge in [0.15, 0.2) is 0 Å². The molecule has 4 aliphatic rings. The van der Waals surface area contributed by atoms with Crippen LogP contribution in [0.1, 0.15) is 38.5 Å². The van der Waals surface area contributed by atoms with Crippen LogP contribution in [0.25, 0.3) is 0 Å². The molecule has 0 atom stereocenters. The summed E-state index contributed by atoms with van der Waals surface area (Å²) >= 11 is 0. The summed E-state index contributed by atoms with van der Waals surface area (Å²) in [5.74, 6) is 3.01. The van der Waals surface area contributed by atoms with Crippen molar-refractivity contribution in [1.82, 2.24) is 0 Å². The Morgan fingerprint density at radius 2 is 1.40 bits per heavy atom. The number of nitrogens with two attached hydrogens (primary N) is 1. The van der Waals surface area contributed by atoms with Gasteiger partial charge in [-0.3, -0.25) is 0 Å². The quantitative estimate of drug-likeness (QED) is 0.832. The van der Waals surface area contributed by atoms with Gasteiger partial charge < -0.3 is 10.6 Å². The number of hydrogen-bond acceptors (Lipinski definition) is 2. The topological polar surface area (TPSA) is 29.3 Å². The van der Waals surface area contributed by atoms with Crippen molar-refractivity contribution < 1.29 is 0 Å². The predicted octanol–water partition coefficient (Wildman–Crippen LogP) is 4.10. The summed E-state index contributed by atoms with van der Waals surface area (Å²) in [4.78, 5) is 2.58. The Morgan fingerprint density at radius 1 is 0.950 bits per heavy atom. The van der Waals surface area contributed by atoms with Crippen molar-refractivity contribution in [3.63, 3.8) is 0 Å². The van der Waals surface area contributed by atoms with E-state index in [9.17, 15) is 0 Å². The number of anilines is 2. The largest absolute Gasteiger partial charge is 0.399 e. The highest BCUT2D eigenvalue weighted by Gasteiger charge is 2.52. The molecule has 1 aromatic carbocycles. The molecule has 1 aromatic rings. The van der Waals surface area contributed by atoms with Crippen molar-refractivity contribution >= 4 is 23.8 Å². The Kier molecular flexibility index (Phi) is 3.40. The summed E-state index contributed by atoms with van der Waals surface area (Å²) in [6.07, 6.45) is 8.78. The molecule has 0 heterocycles. The van der Waals surface area contributed by atoms with E-state index in [0.717, 1.165) is 23.4 Å². The first kappa shape index (κ1) is 14.1. The second-order valence-corrected chi connectivity index (χ2v) is 7.29. The fourth-order valence-electron chi connectivity index (χ4n) is 5.45. The van der Waals surface area contributed by atoms with Gasteiger partial charge in [0.25, 0.3) is 0 Å². The molecule has 4 fully saturated rings. The van der Waals surface area contributed by atoms with E-state index in [2.05, 4.69) is 24.1 Å². The normalized spacial score (nSPS) is 37.5. The van der Waals surface area contributed by atoms with Crippen LogP contribution < -0.4 is 10.6 Å². The molecule has 0 aromatic heterocycles. The molecule has 5 rings (SSSR count). The van der Waals surface area contributed by atoms with E-state index < -0.39 is 0 Å². The maximum absolute atomic E-state index is 5.81. The summed E-state index contributed by atoms with van der Waals surface area (Å²) < 4.78 is 0. The van der Waals surface area contributed by atoms with E-state index in [-0.39, 0.29) is 12.4 Å². The number of nitrogen functional groups attached to an aromatic ring is 1. The Morgan fingerprint density at radius 3 is 1.85 bits per heavy atom. The Labute approximate surface area is 128 Å². The number of halogens is 1. The average molecular weight is 293 g/mol. The lowest BCUT2D eigenvalue weighted by Gasteiger charge is -2.60. The molecule has 0 unspecified atom stereocenters. The zero-order valence-electron chi connectivity index (χ0n) is 12.2. The van der Waals surface area contributed by atoms with Crippen molar-refractivity contribution in [3.05, 3.63) is 24.3 Å².